The van der Waals surface area contributed by atoms with Crippen LogP contribution in [0.5, 0.6) is 23.0 Å². The molecule has 9 nitrogen and oxygen atoms in total. The molecule has 0 saturated heterocycles. The number of hydrazone groups is 1. The number of amidine groups is 2. The van der Waals surface area contributed by atoms with Crippen LogP contribution in [0.15, 0.2) is 82.4 Å². The van der Waals surface area contributed by atoms with Crippen LogP contribution in [0, 0.1) is 12.3 Å². The first-order chi connectivity index (χ1) is 19.0. The lowest BCUT2D eigenvalue weighted by atomic mass is 10.1. The molecular formula is C29H26N4O5S. The third-order valence-corrected chi connectivity index (χ3v) is 6.94. The van der Waals surface area contributed by atoms with Crippen molar-refractivity contribution in [3.8, 4) is 23.0 Å². The van der Waals surface area contributed by atoms with Crippen molar-refractivity contribution in [1.82, 2.24) is 5.01 Å². The number of aryl methyl sites for hydroxylation is 1. The Kier molecular flexibility index (Phi) is 7.64. The molecule has 0 spiro atoms. The Morgan fingerprint density at radius 1 is 0.923 bits per heavy atom. The third kappa shape index (κ3) is 5.65. The quantitative estimate of drug-likeness (QED) is 0.295. The van der Waals surface area contributed by atoms with Crippen molar-refractivity contribution in [3.05, 3.63) is 89.0 Å². The molecule has 39 heavy (non-hydrogen) atoms. The molecule has 0 radical (unpaired) electrons. The number of nitrogens with one attached hydrogen (secondary N) is 1. The van der Waals surface area contributed by atoms with Crippen LogP contribution >= 0.6 is 11.8 Å². The molecule has 2 heterocycles. The fourth-order valence-electron chi connectivity index (χ4n) is 3.96. The summed E-state index contributed by atoms with van der Waals surface area (Å²) in [6.45, 7) is 2.64. The summed E-state index contributed by atoms with van der Waals surface area (Å²) in [7, 11) is 3.16. The minimum Gasteiger partial charge on any atom is -0.497 e. The second kappa shape index (κ2) is 11.4. The highest BCUT2D eigenvalue weighted by Gasteiger charge is 2.36. The third-order valence-electron chi connectivity index (χ3n) is 6.00. The van der Waals surface area contributed by atoms with Crippen LogP contribution in [-0.2, 0) is 4.79 Å². The van der Waals surface area contributed by atoms with Gasteiger partial charge in [-0.15, -0.1) is 0 Å². The van der Waals surface area contributed by atoms with Gasteiger partial charge >= 0.3 is 0 Å². The lowest BCUT2D eigenvalue weighted by molar-refractivity contribution is -0.114. The van der Waals surface area contributed by atoms with Crippen molar-refractivity contribution in [2.24, 2.45) is 10.1 Å². The van der Waals surface area contributed by atoms with Crippen LogP contribution in [0.4, 0.5) is 0 Å². The molecule has 3 aromatic rings. The van der Waals surface area contributed by atoms with E-state index in [1.54, 1.807) is 38.5 Å². The van der Waals surface area contributed by atoms with Crippen LogP contribution < -0.4 is 18.9 Å². The van der Waals surface area contributed by atoms with Gasteiger partial charge in [0.25, 0.3) is 5.91 Å². The highest BCUT2D eigenvalue weighted by molar-refractivity contribution is 8.27. The number of rotatable bonds is 9. The zero-order valence-electron chi connectivity index (χ0n) is 21.6. The van der Waals surface area contributed by atoms with E-state index in [1.807, 2.05) is 55.5 Å². The normalized spacial score (nSPS) is 15.6. The fraction of sp³-hybridized carbons (Fsp3) is 0.172. The number of hydrogen-bond acceptors (Lipinski definition) is 8. The van der Waals surface area contributed by atoms with E-state index in [9.17, 15) is 4.79 Å². The van der Waals surface area contributed by atoms with E-state index in [0.717, 1.165) is 16.9 Å². The summed E-state index contributed by atoms with van der Waals surface area (Å²) in [5.74, 6) is 1.97. The number of aliphatic imine (C=N–C) groups is 1. The summed E-state index contributed by atoms with van der Waals surface area (Å²) in [5, 5.41) is 15.7. The second-order valence-corrected chi connectivity index (χ2v) is 9.48. The second-order valence-electron chi connectivity index (χ2n) is 8.52. The zero-order chi connectivity index (χ0) is 27.4. The van der Waals surface area contributed by atoms with E-state index in [-0.39, 0.29) is 11.4 Å². The van der Waals surface area contributed by atoms with Crippen molar-refractivity contribution in [2.45, 2.75) is 6.92 Å². The minimum atomic E-state index is -0.491. The summed E-state index contributed by atoms with van der Waals surface area (Å²) in [6, 6.07) is 20.4. The Labute approximate surface area is 230 Å². The molecule has 5 rings (SSSR count). The highest BCUT2D eigenvalue weighted by Crippen LogP contribution is 2.33. The average molecular weight is 543 g/mol. The SMILES string of the molecule is COc1ccc(OCCOc2ccc(C=C3C(=N)N4N=C(c5ccccc5C)SC4=NC3=O)cc2OC)cc1. The topological polar surface area (TPSA) is 106 Å². The molecule has 0 saturated carbocycles. The molecule has 10 heteroatoms. The van der Waals surface area contributed by atoms with E-state index in [4.69, 9.17) is 24.4 Å². The standard InChI is InChI=1S/C29H26N4O5S/c1-18-6-4-5-7-22(18)28-32-33-26(30)23(27(34)31-29(33)39-28)16-19-8-13-24(25(17-19)36-3)38-15-14-37-21-11-9-20(35-2)10-12-21/h4-13,16-17,30H,14-15H2,1-3H3. The zero-order valence-corrected chi connectivity index (χ0v) is 22.5. The first kappa shape index (κ1) is 26.1. The molecule has 0 aromatic heterocycles. The molecule has 3 aromatic carbocycles. The number of carbonyl (C=O) groups excluding carboxylic acids is 1. The lowest BCUT2D eigenvalue weighted by Gasteiger charge is -2.20. The number of fused-ring (bicyclic) bond motifs is 1. The monoisotopic (exact) mass is 542 g/mol. The van der Waals surface area contributed by atoms with E-state index >= 15 is 0 Å². The molecule has 1 amide bonds. The summed E-state index contributed by atoms with van der Waals surface area (Å²) >= 11 is 1.28. The van der Waals surface area contributed by atoms with Gasteiger partial charge in [0.05, 0.1) is 19.8 Å². The molecule has 1 N–H and O–H groups in total. The first-order valence-corrected chi connectivity index (χ1v) is 12.9. The summed E-state index contributed by atoms with van der Waals surface area (Å²) < 4.78 is 22.2. The van der Waals surface area contributed by atoms with Crippen molar-refractivity contribution in [2.75, 3.05) is 27.4 Å². The maximum atomic E-state index is 12.8. The molecule has 0 aliphatic carbocycles. The van der Waals surface area contributed by atoms with E-state index < -0.39 is 5.91 Å². The predicted molar refractivity (Wildman–Crippen MR) is 152 cm³/mol. The predicted octanol–water partition coefficient (Wildman–Crippen LogP) is 5.14. The van der Waals surface area contributed by atoms with Gasteiger partial charge in [0.2, 0.25) is 5.17 Å². The van der Waals surface area contributed by atoms with E-state index in [1.165, 1.54) is 16.8 Å². The van der Waals surface area contributed by atoms with Gasteiger partial charge in [0, 0.05) is 5.56 Å². The molecule has 0 bridgehead atoms. The molecule has 0 fully saturated rings. The van der Waals surface area contributed by atoms with Gasteiger partial charge in [0.15, 0.2) is 17.3 Å². The molecule has 2 aliphatic rings. The van der Waals surface area contributed by atoms with Crippen molar-refractivity contribution < 1.29 is 23.7 Å². The highest BCUT2D eigenvalue weighted by atomic mass is 32.2. The molecular weight excluding hydrogens is 516 g/mol. The summed E-state index contributed by atoms with van der Waals surface area (Å²) in [6.07, 6.45) is 1.61. The molecule has 198 valence electrons. The fourth-order valence-corrected chi connectivity index (χ4v) is 4.94. The Balaban J connectivity index is 1.27. The summed E-state index contributed by atoms with van der Waals surface area (Å²) in [4.78, 5) is 17.0. The first-order valence-electron chi connectivity index (χ1n) is 12.1. The van der Waals surface area contributed by atoms with Gasteiger partial charge in [-0.1, -0.05) is 30.3 Å². The smallest absolute Gasteiger partial charge is 0.283 e. The number of ether oxygens (including phenoxy) is 4. The molecule has 2 aliphatic heterocycles. The van der Waals surface area contributed by atoms with Gasteiger partial charge in [-0.2, -0.15) is 15.1 Å². The van der Waals surface area contributed by atoms with E-state index in [0.29, 0.717) is 46.2 Å². The number of thioether (sulfide) groups is 1. The Morgan fingerprint density at radius 3 is 2.41 bits per heavy atom. The Bertz CT molecular complexity index is 1510. The van der Waals surface area contributed by atoms with Crippen molar-refractivity contribution >= 4 is 39.8 Å². The van der Waals surface area contributed by atoms with Crippen LogP contribution in [0.3, 0.4) is 0 Å². The maximum absolute atomic E-state index is 12.8. The number of carbonyl (C=O) groups is 1. The average Bonchev–Trinajstić information content (AvgIpc) is 3.38. The van der Waals surface area contributed by atoms with Gasteiger partial charge in [0.1, 0.15) is 29.8 Å². The maximum Gasteiger partial charge on any atom is 0.283 e. The van der Waals surface area contributed by atoms with Crippen LogP contribution in [0.1, 0.15) is 16.7 Å². The van der Waals surface area contributed by atoms with E-state index in [2.05, 4.69) is 10.1 Å². The Hall–Kier alpha value is -4.57. The minimum absolute atomic E-state index is 0.0314. The van der Waals surface area contributed by atoms with Gasteiger partial charge < -0.3 is 18.9 Å². The van der Waals surface area contributed by atoms with Crippen molar-refractivity contribution in [1.29, 1.82) is 5.41 Å². The van der Waals surface area contributed by atoms with Gasteiger partial charge in [-0.05, 0) is 72.3 Å². The number of hydrogen-bond donors (Lipinski definition) is 1. The molecule has 0 atom stereocenters. The van der Waals surface area contributed by atoms with Gasteiger partial charge in [-0.3, -0.25) is 10.2 Å². The van der Waals surface area contributed by atoms with Crippen molar-refractivity contribution in [3.63, 3.8) is 0 Å². The number of nitrogens with zero attached hydrogens (tertiary/aromatic N) is 3. The Morgan fingerprint density at radius 2 is 1.67 bits per heavy atom. The largest absolute Gasteiger partial charge is 0.497 e. The summed E-state index contributed by atoms with van der Waals surface area (Å²) in [5.41, 5.74) is 2.80. The number of methoxy groups -OCH3 is 2. The lowest BCUT2D eigenvalue weighted by Crippen LogP contribution is -2.35. The molecule has 0 unspecified atom stereocenters. The van der Waals surface area contributed by atoms with Crippen LogP contribution in [0.2, 0.25) is 0 Å². The number of benzene rings is 3. The van der Waals surface area contributed by atoms with Crippen LogP contribution in [-0.4, -0.2) is 54.4 Å². The number of amides is 1. The van der Waals surface area contributed by atoms with Gasteiger partial charge in [-0.25, -0.2) is 0 Å². The van der Waals surface area contributed by atoms with Crippen LogP contribution in [0.25, 0.3) is 6.08 Å².